The molecule has 5 nitrogen and oxygen atoms in total. The van der Waals surface area contributed by atoms with Crippen LogP contribution in [0.3, 0.4) is 0 Å². The van der Waals surface area contributed by atoms with E-state index in [0.717, 1.165) is 28.3 Å². The zero-order valence-electron chi connectivity index (χ0n) is 16.6. The molecule has 2 N–H and O–H groups in total. The predicted octanol–water partition coefficient (Wildman–Crippen LogP) is 4.62. The van der Waals surface area contributed by atoms with Crippen LogP contribution < -0.4 is 10.1 Å². The zero-order chi connectivity index (χ0) is 20.4. The number of ether oxygens (including phenoxy) is 1. The number of anilines is 1. The van der Waals surface area contributed by atoms with Crippen LogP contribution in [-0.4, -0.2) is 24.1 Å². The second-order valence-corrected chi connectivity index (χ2v) is 7.40. The number of carbonyl (C=O) groups is 2. The van der Waals surface area contributed by atoms with Gasteiger partial charge in [0.05, 0.1) is 6.61 Å². The number of amides is 1. The highest BCUT2D eigenvalue weighted by molar-refractivity contribution is 5.89. The van der Waals surface area contributed by atoms with Crippen LogP contribution in [0.15, 0.2) is 30.3 Å². The molecule has 0 fully saturated rings. The summed E-state index contributed by atoms with van der Waals surface area (Å²) in [6.45, 7) is 8.62. The van der Waals surface area contributed by atoms with Crippen molar-refractivity contribution in [2.24, 2.45) is 0 Å². The van der Waals surface area contributed by atoms with Gasteiger partial charge in [-0.15, -0.1) is 0 Å². The Balaban J connectivity index is 2.16. The molecule has 0 bridgehead atoms. The molecule has 0 spiro atoms. The van der Waals surface area contributed by atoms with E-state index in [2.05, 4.69) is 43.4 Å². The molecule has 1 unspecified atom stereocenters. The summed E-state index contributed by atoms with van der Waals surface area (Å²) >= 11 is 0. The molecule has 28 heavy (non-hydrogen) atoms. The first-order chi connectivity index (χ1) is 13.3. The molecule has 146 valence electrons. The quantitative estimate of drug-likeness (QED) is 0.567. The van der Waals surface area contributed by atoms with Crippen molar-refractivity contribution >= 4 is 24.1 Å². The minimum Gasteiger partial charge on any atom is -0.492 e. The standard InChI is InChI=1S/C23H25NO4/c1-13(2)16-5-7-17(8-6-16)19-11-28-23-18(9-10-20(26)27)14(3)22(24-12-25)15(4)21(19)23/h5-10,12-13,19H,11H2,1-4H3,(H,24,25)(H,26,27). The molecule has 1 amide bonds. The zero-order valence-corrected chi connectivity index (χ0v) is 16.6. The summed E-state index contributed by atoms with van der Waals surface area (Å²) < 4.78 is 6.04. The molecule has 1 heterocycles. The monoisotopic (exact) mass is 379 g/mol. The molecule has 0 saturated carbocycles. The maximum Gasteiger partial charge on any atom is 0.328 e. The normalized spacial score (nSPS) is 15.5. The molecule has 0 aliphatic carbocycles. The van der Waals surface area contributed by atoms with Gasteiger partial charge < -0.3 is 15.2 Å². The van der Waals surface area contributed by atoms with Gasteiger partial charge in [-0.3, -0.25) is 4.79 Å². The molecule has 3 rings (SSSR count). The summed E-state index contributed by atoms with van der Waals surface area (Å²) in [6, 6.07) is 8.52. The minimum absolute atomic E-state index is 0.0287. The van der Waals surface area contributed by atoms with E-state index in [1.165, 1.54) is 11.6 Å². The maximum absolute atomic E-state index is 11.2. The average Bonchev–Trinajstić information content (AvgIpc) is 3.10. The van der Waals surface area contributed by atoms with E-state index in [1.54, 1.807) is 0 Å². The fraction of sp³-hybridized carbons (Fsp3) is 0.304. The fourth-order valence-corrected chi connectivity index (χ4v) is 3.87. The van der Waals surface area contributed by atoms with Crippen LogP contribution in [0.4, 0.5) is 5.69 Å². The van der Waals surface area contributed by atoms with Crippen LogP contribution >= 0.6 is 0 Å². The molecule has 1 aliphatic rings. The van der Waals surface area contributed by atoms with E-state index in [-0.39, 0.29) is 5.92 Å². The minimum atomic E-state index is -1.03. The SMILES string of the molecule is Cc1c(C=CC(=O)O)c2c(c(C)c1NC=O)C(c1ccc(C(C)C)cc1)CO2. The Morgan fingerprint density at radius 2 is 1.89 bits per heavy atom. The van der Waals surface area contributed by atoms with Crippen LogP contribution in [-0.2, 0) is 9.59 Å². The lowest BCUT2D eigenvalue weighted by molar-refractivity contribution is -0.131. The van der Waals surface area contributed by atoms with E-state index in [0.29, 0.717) is 35.9 Å². The first-order valence-corrected chi connectivity index (χ1v) is 9.36. The van der Waals surface area contributed by atoms with Crippen LogP contribution in [0, 0.1) is 13.8 Å². The summed E-state index contributed by atoms with van der Waals surface area (Å²) in [4.78, 5) is 22.2. The molecular weight excluding hydrogens is 354 g/mol. The second-order valence-electron chi connectivity index (χ2n) is 7.40. The maximum atomic E-state index is 11.2. The molecule has 0 saturated heterocycles. The average molecular weight is 379 g/mol. The third kappa shape index (κ3) is 3.52. The van der Waals surface area contributed by atoms with Gasteiger partial charge in [-0.2, -0.15) is 0 Å². The van der Waals surface area contributed by atoms with E-state index < -0.39 is 5.97 Å². The number of aliphatic carboxylic acids is 1. The lowest BCUT2D eigenvalue weighted by atomic mass is 9.85. The van der Waals surface area contributed by atoms with E-state index in [4.69, 9.17) is 9.84 Å². The van der Waals surface area contributed by atoms with Crippen molar-refractivity contribution in [3.05, 3.63) is 63.7 Å². The Morgan fingerprint density at radius 1 is 1.21 bits per heavy atom. The van der Waals surface area contributed by atoms with Gasteiger partial charge in [-0.1, -0.05) is 38.1 Å². The molecule has 0 aromatic heterocycles. The highest BCUT2D eigenvalue weighted by Gasteiger charge is 2.32. The molecule has 0 radical (unpaired) electrons. The van der Waals surface area contributed by atoms with Gasteiger partial charge in [0.2, 0.25) is 6.41 Å². The molecule has 1 atom stereocenters. The van der Waals surface area contributed by atoms with Gasteiger partial charge in [0.15, 0.2) is 0 Å². The van der Waals surface area contributed by atoms with Gasteiger partial charge in [0, 0.05) is 28.8 Å². The van der Waals surface area contributed by atoms with Gasteiger partial charge >= 0.3 is 5.97 Å². The summed E-state index contributed by atoms with van der Waals surface area (Å²) in [5.74, 6) is 0.155. The molecule has 5 heteroatoms. The topological polar surface area (TPSA) is 75.6 Å². The van der Waals surface area contributed by atoms with Crippen molar-refractivity contribution in [3.8, 4) is 5.75 Å². The number of hydrogen-bond donors (Lipinski definition) is 2. The van der Waals surface area contributed by atoms with Crippen molar-refractivity contribution in [2.45, 2.75) is 39.5 Å². The number of carboxylic acid groups (broad SMARTS) is 1. The molecule has 2 aromatic carbocycles. The van der Waals surface area contributed by atoms with Gasteiger partial charge in [-0.25, -0.2) is 4.79 Å². The van der Waals surface area contributed by atoms with Crippen molar-refractivity contribution in [1.29, 1.82) is 0 Å². The van der Waals surface area contributed by atoms with Gasteiger partial charge in [-0.05, 0) is 48.1 Å². The second kappa shape index (κ2) is 7.89. The van der Waals surface area contributed by atoms with E-state index in [9.17, 15) is 9.59 Å². The summed E-state index contributed by atoms with van der Waals surface area (Å²) in [5, 5.41) is 11.8. The summed E-state index contributed by atoms with van der Waals surface area (Å²) in [7, 11) is 0. The molecule has 1 aliphatic heterocycles. The fourth-order valence-electron chi connectivity index (χ4n) is 3.87. The Bertz CT molecular complexity index is 942. The predicted molar refractivity (Wildman–Crippen MR) is 110 cm³/mol. The van der Waals surface area contributed by atoms with Crippen molar-refractivity contribution < 1.29 is 19.4 Å². The van der Waals surface area contributed by atoms with Crippen LogP contribution in [0.2, 0.25) is 0 Å². The lowest BCUT2D eigenvalue weighted by Gasteiger charge is -2.19. The van der Waals surface area contributed by atoms with Crippen molar-refractivity contribution in [2.75, 3.05) is 11.9 Å². The van der Waals surface area contributed by atoms with Crippen molar-refractivity contribution in [3.63, 3.8) is 0 Å². The summed E-state index contributed by atoms with van der Waals surface area (Å²) in [6.07, 6.45) is 3.28. The van der Waals surface area contributed by atoms with Crippen LogP contribution in [0.25, 0.3) is 6.08 Å². The third-order valence-electron chi connectivity index (χ3n) is 5.39. The highest BCUT2D eigenvalue weighted by Crippen LogP contribution is 2.47. The highest BCUT2D eigenvalue weighted by atomic mass is 16.5. The first-order valence-electron chi connectivity index (χ1n) is 9.36. The Labute approximate surface area is 165 Å². The Kier molecular flexibility index (Phi) is 5.54. The first kappa shape index (κ1) is 19.7. The van der Waals surface area contributed by atoms with Gasteiger partial charge in [0.1, 0.15) is 5.75 Å². The number of fused-ring (bicyclic) bond motifs is 1. The molecular formula is C23H25NO4. The number of nitrogens with one attached hydrogen (secondary N) is 1. The largest absolute Gasteiger partial charge is 0.492 e. The third-order valence-corrected chi connectivity index (χ3v) is 5.39. The number of carbonyl (C=O) groups excluding carboxylic acids is 1. The van der Waals surface area contributed by atoms with Gasteiger partial charge in [0.25, 0.3) is 0 Å². The molecule has 2 aromatic rings. The number of carboxylic acids is 1. The smallest absolute Gasteiger partial charge is 0.328 e. The van der Waals surface area contributed by atoms with Crippen LogP contribution in [0.5, 0.6) is 5.75 Å². The number of rotatable bonds is 6. The Morgan fingerprint density at radius 3 is 2.46 bits per heavy atom. The van der Waals surface area contributed by atoms with Crippen LogP contribution in [0.1, 0.15) is 59.1 Å². The van der Waals surface area contributed by atoms with E-state index >= 15 is 0 Å². The summed E-state index contributed by atoms with van der Waals surface area (Å²) in [5.41, 5.74) is 6.54. The lowest BCUT2D eigenvalue weighted by Crippen LogP contribution is -2.07. The Hall–Kier alpha value is -3.08. The number of benzene rings is 2. The van der Waals surface area contributed by atoms with E-state index in [1.807, 2.05) is 13.8 Å². The number of hydrogen-bond acceptors (Lipinski definition) is 3. The van der Waals surface area contributed by atoms with Crippen molar-refractivity contribution in [1.82, 2.24) is 0 Å².